The smallest absolute Gasteiger partial charge is 0.313 e. The lowest BCUT2D eigenvalue weighted by Gasteiger charge is -2.24. The fourth-order valence-corrected chi connectivity index (χ4v) is 2.26. The Kier molecular flexibility index (Phi) is 2.95. The number of hydrogen-bond donors (Lipinski definition) is 1. The number of ether oxygens (including phenoxy) is 1. The molecule has 0 radical (unpaired) electrons. The van der Waals surface area contributed by atoms with Gasteiger partial charge in [-0.05, 0) is 30.2 Å². The Hall–Kier alpha value is -1.03. The van der Waals surface area contributed by atoms with E-state index in [1.165, 1.54) is 7.11 Å². The molecule has 1 aliphatic rings. The highest BCUT2D eigenvalue weighted by Crippen LogP contribution is 2.34. The molecular formula is C11H12BrNO2. The molecule has 1 atom stereocenters. The van der Waals surface area contributed by atoms with Crippen LogP contribution in [-0.4, -0.2) is 19.6 Å². The van der Waals surface area contributed by atoms with Crippen LogP contribution in [0.2, 0.25) is 0 Å². The molecule has 4 heteroatoms. The first-order valence-electron chi connectivity index (χ1n) is 4.83. The maximum absolute atomic E-state index is 11.6. The molecule has 3 nitrogen and oxygen atoms in total. The third-order valence-corrected chi connectivity index (χ3v) is 3.12. The lowest BCUT2D eigenvalue weighted by Crippen LogP contribution is -2.23. The summed E-state index contributed by atoms with van der Waals surface area (Å²) in [6, 6.07) is 5.92. The van der Waals surface area contributed by atoms with Crippen LogP contribution in [0.5, 0.6) is 0 Å². The van der Waals surface area contributed by atoms with E-state index in [1.807, 2.05) is 18.2 Å². The van der Waals surface area contributed by atoms with E-state index in [4.69, 9.17) is 4.74 Å². The van der Waals surface area contributed by atoms with Gasteiger partial charge >= 0.3 is 5.97 Å². The van der Waals surface area contributed by atoms with Crippen LogP contribution in [0, 0.1) is 0 Å². The number of esters is 1. The molecular weight excluding hydrogens is 258 g/mol. The van der Waals surface area contributed by atoms with Crippen molar-refractivity contribution in [1.29, 1.82) is 0 Å². The van der Waals surface area contributed by atoms with Gasteiger partial charge in [0.2, 0.25) is 0 Å². The van der Waals surface area contributed by atoms with Gasteiger partial charge in [-0.25, -0.2) is 0 Å². The van der Waals surface area contributed by atoms with E-state index in [9.17, 15) is 4.79 Å². The summed E-state index contributed by atoms with van der Waals surface area (Å²) in [6.45, 7) is 0.814. The Balaban J connectivity index is 2.40. The SMILES string of the molecule is COC(=O)C1CCNc2ccc(Br)cc21. The van der Waals surface area contributed by atoms with Crippen molar-refractivity contribution < 1.29 is 9.53 Å². The second-order valence-corrected chi connectivity index (χ2v) is 4.44. The lowest BCUT2D eigenvalue weighted by molar-refractivity contribution is -0.142. The maximum atomic E-state index is 11.6. The van der Waals surface area contributed by atoms with E-state index >= 15 is 0 Å². The predicted molar refractivity (Wildman–Crippen MR) is 62.0 cm³/mol. The van der Waals surface area contributed by atoms with Gasteiger partial charge in [0.1, 0.15) is 0 Å². The number of anilines is 1. The third kappa shape index (κ3) is 2.00. The van der Waals surface area contributed by atoms with Gasteiger partial charge < -0.3 is 10.1 Å². The summed E-state index contributed by atoms with van der Waals surface area (Å²) in [6.07, 6.45) is 0.788. The minimum absolute atomic E-state index is 0.135. The number of hydrogen-bond acceptors (Lipinski definition) is 3. The maximum Gasteiger partial charge on any atom is 0.313 e. The number of methoxy groups -OCH3 is 1. The molecule has 0 fully saturated rings. The topological polar surface area (TPSA) is 38.3 Å². The Morgan fingerprint density at radius 3 is 3.13 bits per heavy atom. The van der Waals surface area contributed by atoms with Crippen LogP contribution >= 0.6 is 15.9 Å². The molecule has 0 saturated heterocycles. The van der Waals surface area contributed by atoms with Gasteiger partial charge in [0.25, 0.3) is 0 Å². The van der Waals surface area contributed by atoms with Crippen LogP contribution in [0.15, 0.2) is 22.7 Å². The molecule has 1 aromatic carbocycles. The van der Waals surface area contributed by atoms with Gasteiger partial charge in [-0.2, -0.15) is 0 Å². The van der Waals surface area contributed by atoms with E-state index in [1.54, 1.807) is 0 Å². The minimum atomic E-state index is -0.157. The number of fused-ring (bicyclic) bond motifs is 1. The van der Waals surface area contributed by atoms with E-state index in [-0.39, 0.29) is 11.9 Å². The Morgan fingerprint density at radius 1 is 1.60 bits per heavy atom. The van der Waals surface area contributed by atoms with Gasteiger partial charge in [0.05, 0.1) is 13.0 Å². The number of halogens is 1. The first-order valence-corrected chi connectivity index (χ1v) is 5.63. The van der Waals surface area contributed by atoms with Crippen molar-refractivity contribution in [3.05, 3.63) is 28.2 Å². The molecule has 80 valence electrons. The van der Waals surface area contributed by atoms with E-state index in [0.717, 1.165) is 28.7 Å². The van der Waals surface area contributed by atoms with Gasteiger partial charge in [-0.3, -0.25) is 4.79 Å². The number of benzene rings is 1. The summed E-state index contributed by atoms with van der Waals surface area (Å²) in [7, 11) is 1.43. The number of carbonyl (C=O) groups is 1. The Labute approximate surface area is 96.9 Å². The summed E-state index contributed by atoms with van der Waals surface area (Å²) < 4.78 is 5.79. The quantitative estimate of drug-likeness (QED) is 0.797. The second-order valence-electron chi connectivity index (χ2n) is 3.52. The molecule has 0 aromatic heterocycles. The third-order valence-electron chi connectivity index (χ3n) is 2.62. The average Bonchev–Trinajstić information content (AvgIpc) is 2.27. The molecule has 1 aliphatic heterocycles. The highest BCUT2D eigenvalue weighted by molar-refractivity contribution is 9.10. The first kappa shape index (κ1) is 10.5. The number of rotatable bonds is 1. The van der Waals surface area contributed by atoms with Crippen molar-refractivity contribution >= 4 is 27.6 Å². The van der Waals surface area contributed by atoms with Crippen LogP contribution in [0.25, 0.3) is 0 Å². The molecule has 0 amide bonds. The van der Waals surface area contributed by atoms with Gasteiger partial charge in [0.15, 0.2) is 0 Å². The standard InChI is InChI=1S/C11H12BrNO2/c1-15-11(14)8-4-5-13-10-3-2-7(12)6-9(8)10/h2-3,6,8,13H,4-5H2,1H3. The molecule has 1 unspecified atom stereocenters. The van der Waals surface area contributed by atoms with Crippen LogP contribution in [0.1, 0.15) is 17.9 Å². The molecule has 1 aromatic rings. The van der Waals surface area contributed by atoms with Crippen molar-refractivity contribution in [2.75, 3.05) is 19.0 Å². The summed E-state index contributed by atoms with van der Waals surface area (Å²) in [4.78, 5) is 11.6. The highest BCUT2D eigenvalue weighted by Gasteiger charge is 2.27. The van der Waals surface area contributed by atoms with Gasteiger partial charge in [-0.1, -0.05) is 15.9 Å². The molecule has 0 bridgehead atoms. The predicted octanol–water partition coefficient (Wildman–Crippen LogP) is 2.52. The van der Waals surface area contributed by atoms with Crippen molar-refractivity contribution in [1.82, 2.24) is 0 Å². The van der Waals surface area contributed by atoms with Crippen molar-refractivity contribution in [2.45, 2.75) is 12.3 Å². The molecule has 2 rings (SSSR count). The molecule has 0 saturated carbocycles. The van der Waals surface area contributed by atoms with Crippen LogP contribution in [-0.2, 0) is 9.53 Å². The van der Waals surface area contributed by atoms with Crippen LogP contribution < -0.4 is 5.32 Å². The highest BCUT2D eigenvalue weighted by atomic mass is 79.9. The van der Waals surface area contributed by atoms with Crippen molar-refractivity contribution in [3.8, 4) is 0 Å². The Morgan fingerprint density at radius 2 is 2.40 bits per heavy atom. The monoisotopic (exact) mass is 269 g/mol. The van der Waals surface area contributed by atoms with E-state index < -0.39 is 0 Å². The zero-order chi connectivity index (χ0) is 10.8. The fraction of sp³-hybridized carbons (Fsp3) is 0.364. The van der Waals surface area contributed by atoms with E-state index in [2.05, 4.69) is 21.2 Å². The molecule has 0 aliphatic carbocycles. The van der Waals surface area contributed by atoms with E-state index in [0.29, 0.717) is 0 Å². The van der Waals surface area contributed by atoms with Crippen LogP contribution in [0.3, 0.4) is 0 Å². The Bertz CT molecular complexity index is 392. The summed E-state index contributed by atoms with van der Waals surface area (Å²) >= 11 is 3.41. The lowest BCUT2D eigenvalue weighted by atomic mass is 9.91. The van der Waals surface area contributed by atoms with Gasteiger partial charge in [0, 0.05) is 16.7 Å². The molecule has 1 heterocycles. The molecule has 1 N–H and O–H groups in total. The fourth-order valence-electron chi connectivity index (χ4n) is 1.88. The second kappa shape index (κ2) is 4.23. The van der Waals surface area contributed by atoms with Crippen molar-refractivity contribution in [2.24, 2.45) is 0 Å². The summed E-state index contributed by atoms with van der Waals surface area (Å²) in [5.41, 5.74) is 2.04. The zero-order valence-corrected chi connectivity index (χ0v) is 10.0. The zero-order valence-electron chi connectivity index (χ0n) is 8.42. The molecule has 15 heavy (non-hydrogen) atoms. The molecule has 0 spiro atoms. The van der Waals surface area contributed by atoms with Crippen LogP contribution in [0.4, 0.5) is 5.69 Å². The summed E-state index contributed by atoms with van der Waals surface area (Å²) in [5.74, 6) is -0.292. The average molecular weight is 270 g/mol. The van der Waals surface area contributed by atoms with Crippen molar-refractivity contribution in [3.63, 3.8) is 0 Å². The largest absolute Gasteiger partial charge is 0.469 e. The minimum Gasteiger partial charge on any atom is -0.469 e. The van der Waals surface area contributed by atoms with Gasteiger partial charge in [-0.15, -0.1) is 0 Å². The number of carbonyl (C=O) groups excluding carboxylic acids is 1. The first-order chi connectivity index (χ1) is 7.22. The summed E-state index contributed by atoms with van der Waals surface area (Å²) in [5, 5.41) is 3.27. The normalized spacial score (nSPS) is 18.9. The number of nitrogens with one attached hydrogen (secondary N) is 1.